The van der Waals surface area contributed by atoms with Crippen LogP contribution in [0.1, 0.15) is 0 Å². The van der Waals surface area contributed by atoms with Crippen LogP contribution >= 0.6 is 0 Å². The van der Waals surface area contributed by atoms with Gasteiger partial charge in [0.25, 0.3) is 0 Å². The van der Waals surface area contributed by atoms with Gasteiger partial charge in [0.1, 0.15) is 6.09 Å². The number of benzene rings is 2. The number of hydrogen-bond donors (Lipinski definition) is 0. The van der Waals surface area contributed by atoms with Gasteiger partial charge in [-0.25, -0.2) is 4.79 Å². The smallest absolute Gasteiger partial charge is 0.530 e. The quantitative estimate of drug-likeness (QED) is 0.662. The molecule has 0 aliphatic heterocycles. The number of hydrogen-bond acceptors (Lipinski definition) is 5. The Morgan fingerprint density at radius 3 is 1.22 bits per heavy atom. The molecular formula is C19H23N4NaO3. The Kier molecular flexibility index (Phi) is 8.15. The maximum atomic E-state index is 12.7. The van der Waals surface area contributed by atoms with Crippen molar-refractivity contribution in [2.75, 3.05) is 49.9 Å². The summed E-state index contributed by atoms with van der Waals surface area (Å²) in [4.78, 5) is 29.7. The third kappa shape index (κ3) is 5.38. The third-order valence-corrected chi connectivity index (χ3v) is 4.00. The largest absolute Gasteiger partial charge is 1.00 e. The topological polar surface area (TPSA) is 70.2 Å². The standard InChI is InChI=1S/C19H24N4O3.Na/c1-20(2)14-6-10-16(11-7-14)23(18(24)22(5)19(25)26)17-12-8-15(9-13-17)21(3)4;/h6-13H,1-5H3,(H,25,26);/q;+1/p-1. The maximum Gasteiger partial charge on any atom is 1.00 e. The summed E-state index contributed by atoms with van der Waals surface area (Å²) in [6.45, 7) is 0. The Hall–Kier alpha value is -2.22. The normalized spacial score (nSPS) is 9.81. The van der Waals surface area contributed by atoms with Crippen LogP contribution in [-0.2, 0) is 0 Å². The Morgan fingerprint density at radius 1 is 0.667 bits per heavy atom. The van der Waals surface area contributed by atoms with Gasteiger partial charge in [0, 0.05) is 46.6 Å². The molecule has 0 spiro atoms. The number of carbonyl (C=O) groups is 2. The first kappa shape index (κ1) is 22.8. The molecule has 0 aromatic heterocycles. The summed E-state index contributed by atoms with van der Waals surface area (Å²) >= 11 is 0. The van der Waals surface area contributed by atoms with Crippen molar-refractivity contribution in [1.82, 2.24) is 4.90 Å². The van der Waals surface area contributed by atoms with E-state index in [1.54, 1.807) is 24.3 Å². The molecule has 0 saturated heterocycles. The number of carboxylic acid groups (broad SMARTS) is 1. The summed E-state index contributed by atoms with van der Waals surface area (Å²) in [5.41, 5.74) is 3.06. The zero-order valence-corrected chi connectivity index (χ0v) is 18.6. The Labute approximate surface area is 182 Å². The minimum absolute atomic E-state index is 0. The molecule has 0 atom stereocenters. The van der Waals surface area contributed by atoms with Crippen LogP contribution < -0.4 is 49.4 Å². The van der Waals surface area contributed by atoms with Crippen LogP contribution in [0.5, 0.6) is 0 Å². The minimum Gasteiger partial charge on any atom is -0.530 e. The van der Waals surface area contributed by atoms with Crippen molar-refractivity contribution in [3.8, 4) is 0 Å². The van der Waals surface area contributed by atoms with Crippen LogP contribution in [0, 0.1) is 0 Å². The number of rotatable bonds is 4. The molecule has 0 aliphatic carbocycles. The predicted octanol–water partition coefficient (Wildman–Crippen LogP) is -0.644. The van der Waals surface area contributed by atoms with Crippen LogP contribution in [0.15, 0.2) is 48.5 Å². The van der Waals surface area contributed by atoms with Gasteiger partial charge in [0.15, 0.2) is 0 Å². The van der Waals surface area contributed by atoms with E-state index in [9.17, 15) is 14.7 Å². The van der Waals surface area contributed by atoms with E-state index >= 15 is 0 Å². The van der Waals surface area contributed by atoms with E-state index in [0.717, 1.165) is 11.4 Å². The van der Waals surface area contributed by atoms with Crippen molar-refractivity contribution < 1.29 is 44.3 Å². The molecule has 138 valence electrons. The van der Waals surface area contributed by atoms with Crippen molar-refractivity contribution in [3.05, 3.63) is 48.5 Å². The van der Waals surface area contributed by atoms with Crippen molar-refractivity contribution in [2.24, 2.45) is 0 Å². The second kappa shape index (κ2) is 9.64. The van der Waals surface area contributed by atoms with Crippen LogP contribution in [0.4, 0.5) is 32.3 Å². The molecular weight excluding hydrogens is 355 g/mol. The van der Waals surface area contributed by atoms with E-state index in [1.165, 1.54) is 11.9 Å². The van der Waals surface area contributed by atoms with Crippen molar-refractivity contribution in [3.63, 3.8) is 0 Å². The number of carbonyl (C=O) groups excluding carboxylic acids is 2. The summed E-state index contributed by atoms with van der Waals surface area (Å²) in [5.74, 6) is 0. The van der Waals surface area contributed by atoms with Crippen LogP contribution in [0.2, 0.25) is 0 Å². The minimum atomic E-state index is -1.56. The van der Waals surface area contributed by atoms with E-state index in [1.807, 2.05) is 62.3 Å². The van der Waals surface area contributed by atoms with Gasteiger partial charge in [0.2, 0.25) is 0 Å². The number of anilines is 4. The Morgan fingerprint density at radius 2 is 0.963 bits per heavy atom. The van der Waals surface area contributed by atoms with Gasteiger partial charge in [0.05, 0.1) is 11.4 Å². The Bertz CT molecular complexity index is 725. The zero-order valence-electron chi connectivity index (χ0n) is 16.6. The monoisotopic (exact) mass is 378 g/mol. The second-order valence-electron chi connectivity index (χ2n) is 6.26. The van der Waals surface area contributed by atoms with Gasteiger partial charge >= 0.3 is 35.6 Å². The summed E-state index contributed by atoms with van der Waals surface area (Å²) in [5, 5.41) is 11.1. The van der Waals surface area contributed by atoms with E-state index in [0.29, 0.717) is 16.3 Å². The van der Waals surface area contributed by atoms with Crippen LogP contribution in [-0.4, -0.2) is 52.3 Å². The average molecular weight is 378 g/mol. The molecule has 2 rings (SSSR count). The molecule has 27 heavy (non-hydrogen) atoms. The van der Waals surface area contributed by atoms with Gasteiger partial charge in [-0.2, -0.15) is 0 Å². The van der Waals surface area contributed by atoms with Crippen molar-refractivity contribution >= 4 is 34.9 Å². The van der Waals surface area contributed by atoms with Gasteiger partial charge in [-0.1, -0.05) is 0 Å². The SMILES string of the molecule is CN(C(=O)[O-])C(=O)N(c1ccc(N(C)C)cc1)c1ccc(N(C)C)cc1.[Na+]. The number of nitrogens with zero attached hydrogens (tertiary/aromatic N) is 4. The average Bonchev–Trinajstić information content (AvgIpc) is 2.61. The molecule has 0 heterocycles. The molecule has 0 unspecified atom stereocenters. The summed E-state index contributed by atoms with van der Waals surface area (Å²) in [6, 6.07) is 13.8. The van der Waals surface area contributed by atoms with Gasteiger partial charge in [-0.15, -0.1) is 0 Å². The number of urea groups is 1. The molecule has 0 fully saturated rings. The number of amides is 3. The third-order valence-electron chi connectivity index (χ3n) is 4.00. The molecule has 0 saturated carbocycles. The predicted molar refractivity (Wildman–Crippen MR) is 102 cm³/mol. The van der Waals surface area contributed by atoms with Crippen molar-refractivity contribution in [2.45, 2.75) is 0 Å². The maximum absolute atomic E-state index is 12.7. The van der Waals surface area contributed by atoms with Crippen molar-refractivity contribution in [1.29, 1.82) is 0 Å². The molecule has 8 heteroatoms. The molecule has 7 nitrogen and oxygen atoms in total. The van der Waals surface area contributed by atoms with E-state index in [-0.39, 0.29) is 29.6 Å². The molecule has 2 aromatic rings. The van der Waals surface area contributed by atoms with E-state index in [2.05, 4.69) is 0 Å². The number of imide groups is 1. The summed E-state index contributed by atoms with van der Waals surface area (Å²) < 4.78 is 0. The first-order valence-electron chi connectivity index (χ1n) is 8.06. The Balaban J connectivity index is 0.00000364. The molecule has 0 N–H and O–H groups in total. The summed E-state index contributed by atoms with van der Waals surface area (Å²) in [7, 11) is 8.85. The fourth-order valence-electron chi connectivity index (χ4n) is 2.40. The second-order valence-corrected chi connectivity index (χ2v) is 6.26. The van der Waals surface area contributed by atoms with E-state index < -0.39 is 12.1 Å². The molecule has 0 bridgehead atoms. The molecule has 0 aliphatic rings. The molecule has 3 amide bonds. The first-order valence-corrected chi connectivity index (χ1v) is 8.06. The zero-order chi connectivity index (χ0) is 19.4. The molecule has 2 aromatic carbocycles. The van der Waals surface area contributed by atoms with Crippen LogP contribution in [0.25, 0.3) is 0 Å². The molecule has 0 radical (unpaired) electrons. The van der Waals surface area contributed by atoms with Gasteiger partial charge in [-0.3, -0.25) is 9.80 Å². The fourth-order valence-corrected chi connectivity index (χ4v) is 2.40. The van der Waals surface area contributed by atoms with Crippen LogP contribution in [0.3, 0.4) is 0 Å². The fraction of sp³-hybridized carbons (Fsp3) is 0.263. The van der Waals surface area contributed by atoms with Gasteiger partial charge < -0.3 is 19.7 Å². The van der Waals surface area contributed by atoms with Gasteiger partial charge in [-0.05, 0) is 48.5 Å². The summed E-state index contributed by atoms with van der Waals surface area (Å²) in [6.07, 6.45) is -1.56. The first-order chi connectivity index (χ1) is 12.2. The van der Waals surface area contributed by atoms with E-state index in [4.69, 9.17) is 0 Å².